The van der Waals surface area contributed by atoms with Crippen LogP contribution >= 0.6 is 0 Å². The highest BCUT2D eigenvalue weighted by Crippen LogP contribution is 2.26. The zero-order chi connectivity index (χ0) is 13.8. The van der Waals surface area contributed by atoms with Crippen LogP contribution in [0.4, 0.5) is 0 Å². The minimum atomic E-state index is -0.822. The van der Waals surface area contributed by atoms with Gasteiger partial charge in [-0.2, -0.15) is 0 Å². The summed E-state index contributed by atoms with van der Waals surface area (Å²) in [6.07, 6.45) is 1.20. The highest BCUT2D eigenvalue weighted by Gasteiger charge is 2.31. The Kier molecular flexibility index (Phi) is 4.73. The predicted octanol–water partition coefficient (Wildman–Crippen LogP) is 2.40. The van der Waals surface area contributed by atoms with Crippen molar-refractivity contribution in [3.63, 3.8) is 0 Å². The van der Waals surface area contributed by atoms with Gasteiger partial charge in [0, 0.05) is 11.6 Å². The maximum absolute atomic E-state index is 12.4. The lowest BCUT2D eigenvalue weighted by atomic mass is 9.85. The lowest BCUT2D eigenvalue weighted by Crippen LogP contribution is -2.46. The molecule has 18 heavy (non-hydrogen) atoms. The second-order valence-electron chi connectivity index (χ2n) is 4.29. The fourth-order valence-corrected chi connectivity index (χ4v) is 1.80. The fourth-order valence-electron chi connectivity index (χ4n) is 1.80. The van der Waals surface area contributed by atoms with Crippen molar-refractivity contribution in [1.82, 2.24) is 0 Å². The lowest BCUT2D eigenvalue weighted by molar-refractivity contribution is 0.0879. The van der Waals surface area contributed by atoms with Gasteiger partial charge in [-0.3, -0.25) is 4.79 Å². The van der Waals surface area contributed by atoms with Gasteiger partial charge >= 0.3 is 0 Å². The van der Waals surface area contributed by atoms with Gasteiger partial charge in [-0.05, 0) is 25.0 Å². The van der Waals surface area contributed by atoms with E-state index in [1.807, 2.05) is 13.8 Å². The molecule has 1 aromatic carbocycles. The van der Waals surface area contributed by atoms with Crippen molar-refractivity contribution in [2.45, 2.75) is 32.2 Å². The first-order valence-electron chi connectivity index (χ1n) is 6.07. The van der Waals surface area contributed by atoms with Crippen LogP contribution in [0, 0.1) is 0 Å². The Bertz CT molecular complexity index is 403. The van der Waals surface area contributed by atoms with Crippen LogP contribution in [0.15, 0.2) is 18.2 Å². The van der Waals surface area contributed by atoms with Crippen molar-refractivity contribution in [2.75, 3.05) is 14.2 Å². The highest BCUT2D eigenvalue weighted by atomic mass is 16.5. The second kappa shape index (κ2) is 5.87. The molecule has 1 aromatic rings. The van der Waals surface area contributed by atoms with Crippen LogP contribution in [0.25, 0.3) is 0 Å². The van der Waals surface area contributed by atoms with E-state index >= 15 is 0 Å². The van der Waals surface area contributed by atoms with Crippen molar-refractivity contribution in [2.24, 2.45) is 5.73 Å². The molecule has 0 aliphatic carbocycles. The van der Waals surface area contributed by atoms with Crippen LogP contribution < -0.4 is 15.2 Å². The average Bonchev–Trinajstić information content (AvgIpc) is 2.44. The zero-order valence-corrected chi connectivity index (χ0v) is 11.4. The topological polar surface area (TPSA) is 61.6 Å². The first-order chi connectivity index (χ1) is 8.50. The van der Waals surface area contributed by atoms with Gasteiger partial charge in [-0.15, -0.1) is 0 Å². The van der Waals surface area contributed by atoms with Crippen molar-refractivity contribution < 1.29 is 14.3 Å². The highest BCUT2D eigenvalue weighted by molar-refractivity contribution is 6.03. The summed E-state index contributed by atoms with van der Waals surface area (Å²) in [5.41, 5.74) is 5.83. The Hall–Kier alpha value is -1.55. The third-order valence-electron chi connectivity index (χ3n) is 3.33. The van der Waals surface area contributed by atoms with E-state index in [9.17, 15) is 4.79 Å². The van der Waals surface area contributed by atoms with E-state index in [-0.39, 0.29) is 5.78 Å². The van der Waals surface area contributed by atoms with Crippen LogP contribution in [0.3, 0.4) is 0 Å². The molecule has 4 nitrogen and oxygen atoms in total. The van der Waals surface area contributed by atoms with Crippen molar-refractivity contribution in [3.05, 3.63) is 23.8 Å². The summed E-state index contributed by atoms with van der Waals surface area (Å²) in [7, 11) is 3.11. The fraction of sp³-hybridized carbons (Fsp3) is 0.500. The van der Waals surface area contributed by atoms with Gasteiger partial charge in [0.1, 0.15) is 11.5 Å². The number of hydrogen-bond donors (Lipinski definition) is 1. The van der Waals surface area contributed by atoms with E-state index in [1.165, 1.54) is 0 Å². The van der Waals surface area contributed by atoms with Crippen LogP contribution in [-0.4, -0.2) is 25.5 Å². The molecule has 0 heterocycles. The Morgan fingerprint density at radius 3 is 1.89 bits per heavy atom. The van der Waals surface area contributed by atoms with E-state index in [1.54, 1.807) is 32.4 Å². The molecule has 2 N–H and O–H groups in total. The van der Waals surface area contributed by atoms with Gasteiger partial charge in [0.05, 0.1) is 19.8 Å². The molecule has 0 aliphatic rings. The molecule has 0 fully saturated rings. The van der Waals surface area contributed by atoms with Gasteiger partial charge < -0.3 is 15.2 Å². The van der Waals surface area contributed by atoms with Gasteiger partial charge in [0.2, 0.25) is 0 Å². The Balaban J connectivity index is 3.19. The van der Waals surface area contributed by atoms with Crippen LogP contribution in [0.1, 0.15) is 37.0 Å². The molecule has 0 aliphatic heterocycles. The molecule has 0 spiro atoms. The van der Waals surface area contributed by atoms with E-state index < -0.39 is 5.54 Å². The standard InChI is InChI=1S/C14H21NO3/c1-5-14(15,6-2)13(16)10-7-11(17-3)9-12(8-10)18-4/h7-9H,5-6,15H2,1-4H3. The molecule has 0 aromatic heterocycles. The summed E-state index contributed by atoms with van der Waals surface area (Å²) >= 11 is 0. The monoisotopic (exact) mass is 251 g/mol. The SMILES string of the molecule is CCC(N)(CC)C(=O)c1cc(OC)cc(OC)c1. The minimum absolute atomic E-state index is 0.0790. The molecule has 0 saturated heterocycles. The molecule has 0 bridgehead atoms. The van der Waals surface area contributed by atoms with Gasteiger partial charge in [0.15, 0.2) is 5.78 Å². The summed E-state index contributed by atoms with van der Waals surface area (Å²) in [4.78, 5) is 12.4. The summed E-state index contributed by atoms with van der Waals surface area (Å²) in [5.74, 6) is 1.10. The normalized spacial score (nSPS) is 11.2. The summed E-state index contributed by atoms with van der Waals surface area (Å²) in [5, 5.41) is 0. The second-order valence-corrected chi connectivity index (χ2v) is 4.29. The number of ether oxygens (including phenoxy) is 2. The van der Waals surface area contributed by atoms with Crippen LogP contribution in [0.2, 0.25) is 0 Å². The summed E-state index contributed by atoms with van der Waals surface area (Å²) in [6.45, 7) is 3.83. The van der Waals surface area contributed by atoms with Crippen LogP contribution in [-0.2, 0) is 0 Å². The molecule has 0 amide bonds. The van der Waals surface area contributed by atoms with E-state index in [2.05, 4.69) is 0 Å². The van der Waals surface area contributed by atoms with Gasteiger partial charge in [-0.25, -0.2) is 0 Å². The molecular weight excluding hydrogens is 230 g/mol. The van der Waals surface area contributed by atoms with E-state index in [4.69, 9.17) is 15.2 Å². The third kappa shape index (κ3) is 2.82. The predicted molar refractivity (Wildman–Crippen MR) is 71.4 cm³/mol. The zero-order valence-electron chi connectivity index (χ0n) is 11.4. The van der Waals surface area contributed by atoms with Crippen LogP contribution in [0.5, 0.6) is 11.5 Å². The molecule has 0 saturated carbocycles. The number of nitrogens with two attached hydrogens (primary N) is 1. The molecule has 4 heteroatoms. The smallest absolute Gasteiger partial charge is 0.182 e. The average molecular weight is 251 g/mol. The third-order valence-corrected chi connectivity index (χ3v) is 3.33. The van der Waals surface area contributed by atoms with Crippen molar-refractivity contribution in [1.29, 1.82) is 0 Å². The van der Waals surface area contributed by atoms with Gasteiger partial charge in [0.25, 0.3) is 0 Å². The van der Waals surface area contributed by atoms with E-state index in [0.29, 0.717) is 29.9 Å². The van der Waals surface area contributed by atoms with Crippen molar-refractivity contribution >= 4 is 5.78 Å². The van der Waals surface area contributed by atoms with Crippen molar-refractivity contribution in [3.8, 4) is 11.5 Å². The molecule has 1 rings (SSSR count). The molecule has 0 radical (unpaired) electrons. The number of methoxy groups -OCH3 is 2. The first-order valence-corrected chi connectivity index (χ1v) is 6.07. The first kappa shape index (κ1) is 14.5. The Morgan fingerprint density at radius 2 is 1.56 bits per heavy atom. The molecule has 0 atom stereocenters. The number of Topliss-reactive ketones (excluding diaryl/α,β-unsaturated/α-hetero) is 1. The summed E-state index contributed by atoms with van der Waals surface area (Å²) in [6, 6.07) is 5.11. The number of rotatable bonds is 6. The number of hydrogen-bond acceptors (Lipinski definition) is 4. The quantitative estimate of drug-likeness (QED) is 0.789. The minimum Gasteiger partial charge on any atom is -0.497 e. The maximum Gasteiger partial charge on any atom is 0.182 e. The Morgan fingerprint density at radius 1 is 1.11 bits per heavy atom. The summed E-state index contributed by atoms with van der Waals surface area (Å²) < 4.78 is 10.3. The number of carbonyl (C=O) groups excluding carboxylic acids is 1. The number of benzene rings is 1. The lowest BCUT2D eigenvalue weighted by Gasteiger charge is -2.25. The largest absolute Gasteiger partial charge is 0.497 e. The molecule has 0 unspecified atom stereocenters. The molecule has 100 valence electrons. The number of ketones is 1. The molecular formula is C14H21NO3. The number of carbonyl (C=O) groups is 1. The maximum atomic E-state index is 12.4. The Labute approximate surface area is 108 Å². The van der Waals surface area contributed by atoms with E-state index in [0.717, 1.165) is 0 Å². The van der Waals surface area contributed by atoms with Gasteiger partial charge in [-0.1, -0.05) is 13.8 Å².